The van der Waals surface area contributed by atoms with Crippen molar-refractivity contribution in [3.8, 4) is 11.5 Å². The quantitative estimate of drug-likeness (QED) is 0.282. The minimum Gasteiger partial charge on any atom is -0.493 e. The predicted octanol–water partition coefficient (Wildman–Crippen LogP) is 7.60. The van der Waals surface area contributed by atoms with Gasteiger partial charge in [-0.1, -0.05) is 12.1 Å². The zero-order valence-electron chi connectivity index (χ0n) is 18.2. The molecule has 3 aromatic carbocycles. The van der Waals surface area contributed by atoms with Gasteiger partial charge in [0, 0.05) is 29.0 Å². The number of hydrogen-bond donors (Lipinski definition) is 1. The largest absolute Gasteiger partial charge is 0.493 e. The number of rotatable bonds is 6. The predicted molar refractivity (Wildman–Crippen MR) is 119 cm³/mol. The van der Waals surface area contributed by atoms with E-state index in [2.05, 4.69) is 10.3 Å². The van der Waals surface area contributed by atoms with Gasteiger partial charge in [-0.15, -0.1) is 0 Å². The molecule has 1 aromatic heterocycles. The first-order valence-electron chi connectivity index (χ1n) is 10.2. The molecular weight excluding hydrogens is 474 g/mol. The van der Waals surface area contributed by atoms with Crippen LogP contribution in [0.1, 0.15) is 16.7 Å². The van der Waals surface area contributed by atoms with E-state index >= 15 is 0 Å². The SMILES string of the molecule is COc1cc2nccc(Nc3ccc(C(F)(F)F)cc3)c2cc1OCc1ccc(C(F)(F)F)cc1. The molecule has 0 unspecified atom stereocenters. The van der Waals surface area contributed by atoms with E-state index in [0.29, 0.717) is 39.3 Å². The first-order valence-corrected chi connectivity index (χ1v) is 10.2. The van der Waals surface area contributed by atoms with Crippen molar-refractivity contribution in [2.24, 2.45) is 0 Å². The molecule has 35 heavy (non-hydrogen) atoms. The lowest BCUT2D eigenvalue weighted by Gasteiger charge is -2.15. The van der Waals surface area contributed by atoms with Gasteiger partial charge in [-0.3, -0.25) is 4.98 Å². The number of methoxy groups -OCH3 is 1. The van der Waals surface area contributed by atoms with Gasteiger partial charge in [-0.05, 0) is 54.1 Å². The smallest absolute Gasteiger partial charge is 0.416 e. The third-order valence-electron chi connectivity index (χ3n) is 5.19. The fraction of sp³-hybridized carbons (Fsp3) is 0.160. The third kappa shape index (κ3) is 5.59. The minimum absolute atomic E-state index is 0.0120. The van der Waals surface area contributed by atoms with Gasteiger partial charge in [0.05, 0.1) is 23.8 Å². The van der Waals surface area contributed by atoms with Crippen LogP contribution in [-0.4, -0.2) is 12.1 Å². The monoisotopic (exact) mass is 492 g/mol. The van der Waals surface area contributed by atoms with Crippen LogP contribution < -0.4 is 14.8 Å². The molecule has 0 spiro atoms. The van der Waals surface area contributed by atoms with Crippen molar-refractivity contribution in [3.63, 3.8) is 0 Å². The Morgan fingerprint density at radius 1 is 0.771 bits per heavy atom. The topological polar surface area (TPSA) is 43.4 Å². The van der Waals surface area contributed by atoms with E-state index in [1.165, 1.54) is 37.6 Å². The van der Waals surface area contributed by atoms with Gasteiger partial charge in [0.15, 0.2) is 11.5 Å². The molecule has 4 aromatic rings. The zero-order chi connectivity index (χ0) is 25.2. The van der Waals surface area contributed by atoms with Gasteiger partial charge in [0.2, 0.25) is 0 Å². The lowest BCUT2D eigenvalue weighted by molar-refractivity contribution is -0.138. The second kappa shape index (κ2) is 9.36. The summed E-state index contributed by atoms with van der Waals surface area (Å²) in [5, 5.41) is 3.68. The highest BCUT2D eigenvalue weighted by molar-refractivity contribution is 5.95. The van der Waals surface area contributed by atoms with Crippen LogP contribution in [0, 0.1) is 0 Å². The Labute approximate surface area is 196 Å². The van der Waals surface area contributed by atoms with Crippen molar-refractivity contribution >= 4 is 22.3 Å². The van der Waals surface area contributed by atoms with E-state index < -0.39 is 23.5 Å². The summed E-state index contributed by atoms with van der Waals surface area (Å²) < 4.78 is 88.0. The van der Waals surface area contributed by atoms with Crippen molar-refractivity contribution in [1.29, 1.82) is 0 Å². The molecule has 182 valence electrons. The number of aromatic nitrogens is 1. The Kier molecular flexibility index (Phi) is 6.47. The lowest BCUT2D eigenvalue weighted by Crippen LogP contribution is -2.05. The Balaban J connectivity index is 1.59. The second-order valence-corrected chi connectivity index (χ2v) is 7.56. The van der Waals surface area contributed by atoms with Crippen molar-refractivity contribution in [1.82, 2.24) is 4.98 Å². The number of fused-ring (bicyclic) bond motifs is 1. The van der Waals surface area contributed by atoms with Crippen molar-refractivity contribution in [2.75, 3.05) is 12.4 Å². The summed E-state index contributed by atoms with van der Waals surface area (Å²) in [6.45, 7) is -0.0120. The van der Waals surface area contributed by atoms with Crippen LogP contribution in [0.3, 0.4) is 0 Å². The van der Waals surface area contributed by atoms with Gasteiger partial charge in [-0.25, -0.2) is 0 Å². The summed E-state index contributed by atoms with van der Waals surface area (Å²) in [5.41, 5.74) is 0.557. The summed E-state index contributed by atoms with van der Waals surface area (Å²) in [6, 6.07) is 14.2. The van der Waals surface area contributed by atoms with E-state index in [1.54, 1.807) is 18.2 Å². The summed E-state index contributed by atoms with van der Waals surface area (Å²) in [7, 11) is 1.44. The highest BCUT2D eigenvalue weighted by Crippen LogP contribution is 2.37. The summed E-state index contributed by atoms with van der Waals surface area (Å²) in [5.74, 6) is 0.687. The normalized spacial score (nSPS) is 12.0. The van der Waals surface area contributed by atoms with Gasteiger partial charge in [-0.2, -0.15) is 26.3 Å². The molecule has 0 aliphatic carbocycles. The van der Waals surface area contributed by atoms with Crippen LogP contribution in [0.2, 0.25) is 0 Å². The molecule has 1 N–H and O–H groups in total. The van der Waals surface area contributed by atoms with E-state index in [0.717, 1.165) is 24.3 Å². The molecule has 1 heterocycles. The number of halogens is 6. The van der Waals surface area contributed by atoms with Gasteiger partial charge >= 0.3 is 12.4 Å². The van der Waals surface area contributed by atoms with E-state index in [1.807, 2.05) is 0 Å². The minimum atomic E-state index is -4.43. The highest BCUT2D eigenvalue weighted by Gasteiger charge is 2.30. The molecule has 0 radical (unpaired) electrons. The lowest BCUT2D eigenvalue weighted by atomic mass is 10.1. The third-order valence-corrected chi connectivity index (χ3v) is 5.19. The van der Waals surface area contributed by atoms with Crippen LogP contribution in [0.25, 0.3) is 10.9 Å². The fourth-order valence-corrected chi connectivity index (χ4v) is 3.38. The summed E-state index contributed by atoms with van der Waals surface area (Å²) in [4.78, 5) is 4.30. The molecule has 0 atom stereocenters. The molecule has 0 aliphatic rings. The molecule has 4 rings (SSSR count). The molecule has 0 fully saturated rings. The number of nitrogens with one attached hydrogen (secondary N) is 1. The molecular formula is C25H18F6N2O2. The first-order chi connectivity index (χ1) is 16.5. The van der Waals surface area contributed by atoms with E-state index in [9.17, 15) is 26.3 Å². The molecule has 0 aliphatic heterocycles. The van der Waals surface area contributed by atoms with Crippen LogP contribution in [0.4, 0.5) is 37.7 Å². The molecule has 0 saturated heterocycles. The standard InChI is InChI=1S/C25H18F6N2O2/c1-34-22-13-21-19(12-23(22)35-14-15-2-4-16(5-3-15)24(26,27)28)20(10-11-32-21)33-18-8-6-17(7-9-18)25(29,30)31/h2-13H,14H2,1H3,(H,32,33). The van der Waals surface area contributed by atoms with Crippen LogP contribution in [0.5, 0.6) is 11.5 Å². The molecule has 0 amide bonds. The average Bonchev–Trinajstić information content (AvgIpc) is 2.82. The van der Waals surface area contributed by atoms with Crippen LogP contribution in [-0.2, 0) is 19.0 Å². The average molecular weight is 492 g/mol. The Hall–Kier alpha value is -3.95. The second-order valence-electron chi connectivity index (χ2n) is 7.56. The Morgan fingerprint density at radius 2 is 1.37 bits per heavy atom. The number of benzene rings is 3. The number of nitrogens with zero attached hydrogens (tertiary/aromatic N) is 1. The van der Waals surface area contributed by atoms with E-state index in [4.69, 9.17) is 9.47 Å². The zero-order valence-corrected chi connectivity index (χ0v) is 18.2. The number of anilines is 2. The Morgan fingerprint density at radius 3 is 1.94 bits per heavy atom. The van der Waals surface area contributed by atoms with E-state index in [-0.39, 0.29) is 6.61 Å². The molecule has 0 saturated carbocycles. The number of pyridine rings is 1. The molecule has 4 nitrogen and oxygen atoms in total. The summed E-state index contributed by atoms with van der Waals surface area (Å²) >= 11 is 0. The highest BCUT2D eigenvalue weighted by atomic mass is 19.4. The first kappa shape index (κ1) is 24.2. The number of alkyl halides is 6. The summed E-state index contributed by atoms with van der Waals surface area (Å²) in [6.07, 6.45) is -7.32. The van der Waals surface area contributed by atoms with Crippen molar-refractivity contribution < 1.29 is 35.8 Å². The van der Waals surface area contributed by atoms with Crippen molar-refractivity contribution in [3.05, 3.63) is 89.6 Å². The van der Waals surface area contributed by atoms with Gasteiger partial charge in [0.1, 0.15) is 6.61 Å². The maximum atomic E-state index is 12.8. The Bertz CT molecular complexity index is 1320. The van der Waals surface area contributed by atoms with Crippen LogP contribution >= 0.6 is 0 Å². The van der Waals surface area contributed by atoms with Crippen molar-refractivity contribution in [2.45, 2.75) is 19.0 Å². The number of hydrogen-bond acceptors (Lipinski definition) is 4. The maximum absolute atomic E-state index is 12.8. The van der Waals surface area contributed by atoms with Gasteiger partial charge < -0.3 is 14.8 Å². The van der Waals surface area contributed by atoms with Crippen LogP contribution in [0.15, 0.2) is 72.9 Å². The number of ether oxygens (including phenoxy) is 2. The maximum Gasteiger partial charge on any atom is 0.416 e. The molecule has 10 heteroatoms. The van der Waals surface area contributed by atoms with Gasteiger partial charge in [0.25, 0.3) is 0 Å². The molecule has 0 bridgehead atoms. The fourth-order valence-electron chi connectivity index (χ4n) is 3.38.